The second-order valence-corrected chi connectivity index (χ2v) is 5.56. The number of hydrogen-bond acceptors (Lipinski definition) is 2. The Morgan fingerprint density at radius 1 is 1.53 bits per heavy atom. The first kappa shape index (κ1) is 10.7. The van der Waals surface area contributed by atoms with Crippen LogP contribution in [-0.4, -0.2) is 21.5 Å². The van der Waals surface area contributed by atoms with Crippen LogP contribution in [0, 0.1) is 5.41 Å². The van der Waals surface area contributed by atoms with E-state index in [1.165, 1.54) is 5.69 Å². The number of nitrogens with zero attached hydrogens (tertiary/aromatic N) is 2. The van der Waals surface area contributed by atoms with E-state index in [4.69, 9.17) is 0 Å². The van der Waals surface area contributed by atoms with Crippen LogP contribution < -0.4 is 0 Å². The summed E-state index contributed by atoms with van der Waals surface area (Å²) < 4.78 is 2.03. The molecule has 2 rings (SSSR count). The molecule has 0 amide bonds. The molecule has 0 spiro atoms. The van der Waals surface area contributed by atoms with Gasteiger partial charge in [-0.05, 0) is 31.7 Å². The third-order valence-electron chi connectivity index (χ3n) is 3.83. The fourth-order valence-electron chi connectivity index (χ4n) is 2.60. The first-order valence-electron chi connectivity index (χ1n) is 5.59. The zero-order valence-electron chi connectivity index (χ0n) is 9.99. The molecule has 1 aromatic heterocycles. The highest BCUT2D eigenvalue weighted by atomic mass is 16.3. The van der Waals surface area contributed by atoms with Crippen molar-refractivity contribution in [3.8, 4) is 0 Å². The SMILES string of the molecule is CC(C)n1nccc1C1(CO)CC1(C)C. The molecule has 3 nitrogen and oxygen atoms in total. The molecule has 0 aromatic carbocycles. The largest absolute Gasteiger partial charge is 0.395 e. The summed E-state index contributed by atoms with van der Waals surface area (Å²) in [6.45, 7) is 8.88. The molecule has 1 atom stereocenters. The molecule has 1 N–H and O–H groups in total. The van der Waals surface area contributed by atoms with E-state index in [0.29, 0.717) is 6.04 Å². The van der Waals surface area contributed by atoms with Gasteiger partial charge in [-0.25, -0.2) is 0 Å². The van der Waals surface area contributed by atoms with Gasteiger partial charge in [-0.1, -0.05) is 13.8 Å². The summed E-state index contributed by atoms with van der Waals surface area (Å²) in [6.07, 6.45) is 2.88. The van der Waals surface area contributed by atoms with Gasteiger partial charge in [0.25, 0.3) is 0 Å². The van der Waals surface area contributed by atoms with Gasteiger partial charge in [-0.15, -0.1) is 0 Å². The van der Waals surface area contributed by atoms with Crippen LogP contribution in [0.1, 0.15) is 45.9 Å². The molecule has 3 heteroatoms. The van der Waals surface area contributed by atoms with Crippen molar-refractivity contribution < 1.29 is 5.11 Å². The van der Waals surface area contributed by atoms with Gasteiger partial charge in [0.05, 0.1) is 6.61 Å². The summed E-state index contributed by atoms with van der Waals surface area (Å²) in [5.41, 5.74) is 1.33. The average molecular weight is 208 g/mol. The summed E-state index contributed by atoms with van der Waals surface area (Å²) in [5.74, 6) is 0. The van der Waals surface area contributed by atoms with Crippen LogP contribution in [0.15, 0.2) is 12.3 Å². The summed E-state index contributed by atoms with van der Waals surface area (Å²) in [6, 6.07) is 2.40. The molecule has 0 radical (unpaired) electrons. The molecule has 1 aromatic rings. The van der Waals surface area contributed by atoms with Gasteiger partial charge in [-0.3, -0.25) is 4.68 Å². The van der Waals surface area contributed by atoms with Gasteiger partial charge in [0.2, 0.25) is 0 Å². The van der Waals surface area contributed by atoms with Gasteiger partial charge in [-0.2, -0.15) is 5.10 Å². The predicted octanol–water partition coefficient (Wildman–Crippen LogP) is 2.12. The first-order valence-corrected chi connectivity index (χ1v) is 5.59. The van der Waals surface area contributed by atoms with Crippen molar-refractivity contribution >= 4 is 0 Å². The van der Waals surface area contributed by atoms with E-state index >= 15 is 0 Å². The summed E-state index contributed by atoms with van der Waals surface area (Å²) in [4.78, 5) is 0. The quantitative estimate of drug-likeness (QED) is 0.826. The highest BCUT2D eigenvalue weighted by Gasteiger charge is 2.63. The monoisotopic (exact) mass is 208 g/mol. The maximum Gasteiger partial charge on any atom is 0.0548 e. The Balaban J connectivity index is 2.42. The Hall–Kier alpha value is -0.830. The lowest BCUT2D eigenvalue weighted by Gasteiger charge is -2.21. The summed E-state index contributed by atoms with van der Waals surface area (Å²) in [7, 11) is 0. The minimum Gasteiger partial charge on any atom is -0.395 e. The van der Waals surface area contributed by atoms with Gasteiger partial charge in [0.1, 0.15) is 0 Å². The number of hydrogen-bond donors (Lipinski definition) is 1. The minimum atomic E-state index is -0.0617. The third kappa shape index (κ3) is 1.33. The molecule has 1 heterocycles. The highest BCUT2D eigenvalue weighted by molar-refractivity contribution is 5.32. The van der Waals surface area contributed by atoms with Gasteiger partial charge < -0.3 is 5.11 Å². The van der Waals surface area contributed by atoms with Crippen molar-refractivity contribution in [2.24, 2.45) is 5.41 Å². The zero-order chi connectivity index (χ0) is 11.3. The fraction of sp³-hybridized carbons (Fsp3) is 0.750. The molecular weight excluding hydrogens is 188 g/mol. The molecule has 1 aliphatic carbocycles. The normalized spacial score (nSPS) is 28.4. The highest BCUT2D eigenvalue weighted by Crippen LogP contribution is 2.63. The van der Waals surface area contributed by atoms with Crippen LogP contribution in [0.4, 0.5) is 0 Å². The number of aromatic nitrogens is 2. The van der Waals surface area contributed by atoms with E-state index in [-0.39, 0.29) is 17.4 Å². The van der Waals surface area contributed by atoms with E-state index < -0.39 is 0 Å². The molecule has 1 unspecified atom stereocenters. The molecular formula is C12H20N2O. The van der Waals surface area contributed by atoms with Crippen LogP contribution in [0.5, 0.6) is 0 Å². The molecule has 0 bridgehead atoms. The van der Waals surface area contributed by atoms with Crippen LogP contribution >= 0.6 is 0 Å². The van der Waals surface area contributed by atoms with Crippen molar-refractivity contribution in [1.29, 1.82) is 0 Å². The Bertz CT molecular complexity index is 367. The van der Waals surface area contributed by atoms with Crippen LogP contribution in [0.2, 0.25) is 0 Å². The van der Waals surface area contributed by atoms with Gasteiger partial charge in [0.15, 0.2) is 0 Å². The number of aliphatic hydroxyl groups excluding tert-OH is 1. The van der Waals surface area contributed by atoms with E-state index in [0.717, 1.165) is 6.42 Å². The first-order chi connectivity index (χ1) is 6.94. The maximum absolute atomic E-state index is 9.63. The van der Waals surface area contributed by atoms with Crippen LogP contribution in [0.25, 0.3) is 0 Å². The van der Waals surface area contributed by atoms with Crippen molar-refractivity contribution in [3.63, 3.8) is 0 Å². The second kappa shape index (κ2) is 3.08. The average Bonchev–Trinajstić information content (AvgIpc) is 2.59. The smallest absolute Gasteiger partial charge is 0.0548 e. The Morgan fingerprint density at radius 2 is 2.13 bits per heavy atom. The fourth-order valence-corrected chi connectivity index (χ4v) is 2.60. The third-order valence-corrected chi connectivity index (χ3v) is 3.83. The van der Waals surface area contributed by atoms with E-state index in [9.17, 15) is 5.11 Å². The predicted molar refractivity (Wildman–Crippen MR) is 59.8 cm³/mol. The van der Waals surface area contributed by atoms with E-state index in [2.05, 4.69) is 32.8 Å². The molecule has 0 aliphatic heterocycles. The van der Waals surface area contributed by atoms with Crippen LogP contribution in [-0.2, 0) is 5.41 Å². The molecule has 1 aliphatic rings. The lowest BCUT2D eigenvalue weighted by atomic mass is 9.93. The molecule has 1 fully saturated rings. The number of aliphatic hydroxyl groups is 1. The molecule has 15 heavy (non-hydrogen) atoms. The lowest BCUT2D eigenvalue weighted by molar-refractivity contribution is 0.222. The minimum absolute atomic E-state index is 0.0617. The summed E-state index contributed by atoms with van der Waals surface area (Å²) >= 11 is 0. The Morgan fingerprint density at radius 3 is 2.53 bits per heavy atom. The van der Waals surface area contributed by atoms with Gasteiger partial charge >= 0.3 is 0 Å². The zero-order valence-corrected chi connectivity index (χ0v) is 9.99. The van der Waals surface area contributed by atoms with Crippen molar-refractivity contribution in [1.82, 2.24) is 9.78 Å². The van der Waals surface area contributed by atoms with Crippen LogP contribution in [0.3, 0.4) is 0 Å². The van der Waals surface area contributed by atoms with E-state index in [1.807, 2.05) is 16.9 Å². The van der Waals surface area contributed by atoms with E-state index in [1.54, 1.807) is 0 Å². The summed E-state index contributed by atoms with van der Waals surface area (Å²) in [5, 5.41) is 14.0. The second-order valence-electron chi connectivity index (χ2n) is 5.56. The number of rotatable bonds is 3. The topological polar surface area (TPSA) is 38.0 Å². The van der Waals surface area contributed by atoms with Crippen molar-refractivity contribution in [2.45, 2.75) is 45.6 Å². The molecule has 1 saturated carbocycles. The molecule has 84 valence electrons. The van der Waals surface area contributed by atoms with Crippen molar-refractivity contribution in [3.05, 3.63) is 18.0 Å². The van der Waals surface area contributed by atoms with Gasteiger partial charge in [0, 0.05) is 23.3 Å². The Labute approximate surface area is 91.1 Å². The standard InChI is InChI=1S/C12H20N2O/c1-9(2)14-10(5-6-13-14)12(8-15)7-11(12,3)4/h5-6,9,15H,7-8H2,1-4H3. The maximum atomic E-state index is 9.63. The molecule has 0 saturated heterocycles. The Kier molecular flexibility index (Phi) is 2.19. The lowest BCUT2D eigenvalue weighted by Crippen LogP contribution is -2.24. The van der Waals surface area contributed by atoms with Crippen molar-refractivity contribution in [2.75, 3.05) is 6.61 Å².